The number of benzene rings is 2. The highest BCUT2D eigenvalue weighted by molar-refractivity contribution is 6.05. The Labute approximate surface area is 117 Å². The standard InChI is InChI=1S/C14H10F4N2O/c15-11-4-2-1-3-9(11)13(21)20-12-6-5-8(19)7-10(12)14(16,17)18/h1-7H,19H2,(H,20,21). The SMILES string of the molecule is Nc1ccc(NC(=O)c2ccccc2F)c(C(F)(F)F)c1. The average Bonchev–Trinajstić information content (AvgIpc) is 2.40. The summed E-state index contributed by atoms with van der Waals surface area (Å²) in [7, 11) is 0. The normalized spacial score (nSPS) is 11.2. The predicted octanol–water partition coefficient (Wildman–Crippen LogP) is 3.68. The van der Waals surface area contributed by atoms with Crippen LogP contribution in [0.15, 0.2) is 42.5 Å². The lowest BCUT2D eigenvalue weighted by atomic mass is 10.1. The fourth-order valence-electron chi connectivity index (χ4n) is 1.74. The number of rotatable bonds is 2. The Kier molecular flexibility index (Phi) is 3.84. The van der Waals surface area contributed by atoms with Crippen molar-refractivity contribution in [3.63, 3.8) is 0 Å². The molecule has 0 aliphatic heterocycles. The number of hydrogen-bond donors (Lipinski definition) is 2. The van der Waals surface area contributed by atoms with Gasteiger partial charge in [-0.05, 0) is 30.3 Å². The summed E-state index contributed by atoms with van der Waals surface area (Å²) in [6, 6.07) is 7.94. The first kappa shape index (κ1) is 14.8. The Balaban J connectivity index is 2.36. The number of carbonyl (C=O) groups is 1. The van der Waals surface area contributed by atoms with E-state index in [4.69, 9.17) is 5.73 Å². The molecule has 0 atom stereocenters. The van der Waals surface area contributed by atoms with Gasteiger partial charge in [0.15, 0.2) is 0 Å². The summed E-state index contributed by atoms with van der Waals surface area (Å²) in [6.07, 6.45) is -4.69. The Morgan fingerprint density at radius 2 is 1.76 bits per heavy atom. The fraction of sp³-hybridized carbons (Fsp3) is 0.0714. The van der Waals surface area contributed by atoms with Gasteiger partial charge in [0.1, 0.15) is 5.82 Å². The van der Waals surface area contributed by atoms with Crippen LogP contribution in [0.5, 0.6) is 0 Å². The highest BCUT2D eigenvalue weighted by Gasteiger charge is 2.34. The van der Waals surface area contributed by atoms with Gasteiger partial charge in [0.25, 0.3) is 5.91 Å². The van der Waals surface area contributed by atoms with Crippen molar-refractivity contribution in [1.29, 1.82) is 0 Å². The van der Waals surface area contributed by atoms with E-state index in [1.165, 1.54) is 24.3 Å². The number of halogens is 4. The first-order chi connectivity index (χ1) is 9.79. The van der Waals surface area contributed by atoms with Crippen molar-refractivity contribution in [2.45, 2.75) is 6.18 Å². The molecule has 0 bridgehead atoms. The van der Waals surface area contributed by atoms with Crippen LogP contribution in [0.1, 0.15) is 15.9 Å². The summed E-state index contributed by atoms with van der Waals surface area (Å²) in [5.41, 5.74) is 3.31. The largest absolute Gasteiger partial charge is 0.418 e. The molecule has 0 heterocycles. The fourth-order valence-corrected chi connectivity index (χ4v) is 1.74. The highest BCUT2D eigenvalue weighted by Crippen LogP contribution is 2.36. The van der Waals surface area contributed by atoms with Gasteiger partial charge < -0.3 is 11.1 Å². The molecule has 21 heavy (non-hydrogen) atoms. The summed E-state index contributed by atoms with van der Waals surface area (Å²) < 4.78 is 52.1. The minimum absolute atomic E-state index is 0.0915. The van der Waals surface area contributed by atoms with Gasteiger partial charge >= 0.3 is 6.18 Å². The van der Waals surface area contributed by atoms with E-state index >= 15 is 0 Å². The number of nitrogens with one attached hydrogen (secondary N) is 1. The van der Waals surface area contributed by atoms with Crippen molar-refractivity contribution in [3.8, 4) is 0 Å². The summed E-state index contributed by atoms with van der Waals surface area (Å²) in [5, 5.41) is 2.05. The van der Waals surface area contributed by atoms with Crippen LogP contribution < -0.4 is 11.1 Å². The van der Waals surface area contributed by atoms with E-state index in [1.54, 1.807) is 0 Å². The number of alkyl halides is 3. The first-order valence-electron chi connectivity index (χ1n) is 5.81. The molecule has 0 spiro atoms. The maximum Gasteiger partial charge on any atom is 0.418 e. The molecular weight excluding hydrogens is 288 g/mol. The van der Waals surface area contributed by atoms with E-state index in [1.807, 2.05) is 5.32 Å². The van der Waals surface area contributed by atoms with Crippen LogP contribution >= 0.6 is 0 Å². The summed E-state index contributed by atoms with van der Waals surface area (Å²) in [6.45, 7) is 0. The quantitative estimate of drug-likeness (QED) is 0.656. The highest BCUT2D eigenvalue weighted by atomic mass is 19.4. The monoisotopic (exact) mass is 298 g/mol. The molecule has 0 fully saturated rings. The van der Waals surface area contributed by atoms with Crippen LogP contribution in [0.3, 0.4) is 0 Å². The van der Waals surface area contributed by atoms with Crippen molar-refractivity contribution < 1.29 is 22.4 Å². The number of amides is 1. The Bertz CT molecular complexity index is 683. The van der Waals surface area contributed by atoms with Gasteiger partial charge in [-0.3, -0.25) is 4.79 Å². The maximum atomic E-state index is 13.4. The maximum absolute atomic E-state index is 13.4. The summed E-state index contributed by atoms with van der Waals surface area (Å²) in [4.78, 5) is 11.8. The molecule has 0 aliphatic carbocycles. The second kappa shape index (κ2) is 5.43. The predicted molar refractivity (Wildman–Crippen MR) is 70.2 cm³/mol. The summed E-state index contributed by atoms with van der Waals surface area (Å²) >= 11 is 0. The zero-order chi connectivity index (χ0) is 15.6. The Morgan fingerprint density at radius 3 is 2.38 bits per heavy atom. The van der Waals surface area contributed by atoms with Gasteiger partial charge in [0.2, 0.25) is 0 Å². The van der Waals surface area contributed by atoms with Gasteiger partial charge in [-0.2, -0.15) is 13.2 Å². The van der Waals surface area contributed by atoms with E-state index in [0.717, 1.165) is 12.1 Å². The lowest BCUT2D eigenvalue weighted by Gasteiger charge is -2.14. The van der Waals surface area contributed by atoms with Gasteiger partial charge in [-0.25, -0.2) is 4.39 Å². The lowest BCUT2D eigenvalue weighted by Crippen LogP contribution is -2.18. The third-order valence-electron chi connectivity index (χ3n) is 2.72. The number of carbonyl (C=O) groups excluding carboxylic acids is 1. The third kappa shape index (κ3) is 3.31. The molecular formula is C14H10F4N2O. The number of nitrogens with two attached hydrogens (primary N) is 1. The molecule has 110 valence electrons. The second-order valence-corrected chi connectivity index (χ2v) is 4.24. The van der Waals surface area contributed by atoms with Gasteiger partial charge in [0.05, 0.1) is 16.8 Å². The van der Waals surface area contributed by atoms with Gasteiger partial charge in [-0.1, -0.05) is 12.1 Å². The molecule has 0 aromatic heterocycles. The molecule has 2 aromatic rings. The second-order valence-electron chi connectivity index (χ2n) is 4.24. The molecule has 3 N–H and O–H groups in total. The average molecular weight is 298 g/mol. The topological polar surface area (TPSA) is 55.1 Å². The molecule has 1 amide bonds. The smallest absolute Gasteiger partial charge is 0.399 e. The molecule has 0 unspecified atom stereocenters. The molecule has 3 nitrogen and oxygen atoms in total. The van der Waals surface area contributed by atoms with Crippen LogP contribution in [-0.4, -0.2) is 5.91 Å². The van der Waals surface area contributed by atoms with Crippen molar-refractivity contribution in [2.24, 2.45) is 0 Å². The van der Waals surface area contributed by atoms with Crippen molar-refractivity contribution in [2.75, 3.05) is 11.1 Å². The van der Waals surface area contributed by atoms with E-state index in [-0.39, 0.29) is 11.3 Å². The lowest BCUT2D eigenvalue weighted by molar-refractivity contribution is -0.136. The van der Waals surface area contributed by atoms with E-state index in [0.29, 0.717) is 6.07 Å². The zero-order valence-corrected chi connectivity index (χ0v) is 10.5. The number of nitrogen functional groups attached to an aromatic ring is 1. The third-order valence-corrected chi connectivity index (χ3v) is 2.72. The van der Waals surface area contributed by atoms with Crippen molar-refractivity contribution in [1.82, 2.24) is 0 Å². The molecule has 0 saturated carbocycles. The van der Waals surface area contributed by atoms with E-state index in [9.17, 15) is 22.4 Å². The van der Waals surface area contributed by atoms with Gasteiger partial charge in [0, 0.05) is 5.69 Å². The van der Waals surface area contributed by atoms with Crippen molar-refractivity contribution >= 4 is 17.3 Å². The Hall–Kier alpha value is -2.57. The number of hydrogen-bond acceptors (Lipinski definition) is 2. The molecule has 0 radical (unpaired) electrons. The molecule has 2 rings (SSSR count). The Morgan fingerprint density at radius 1 is 1.10 bits per heavy atom. The molecule has 0 saturated heterocycles. The minimum atomic E-state index is -4.69. The van der Waals surface area contributed by atoms with Crippen LogP contribution in [0.4, 0.5) is 28.9 Å². The molecule has 7 heteroatoms. The number of anilines is 2. The zero-order valence-electron chi connectivity index (χ0n) is 10.5. The van der Waals surface area contributed by atoms with Crippen LogP contribution in [0, 0.1) is 5.82 Å². The first-order valence-corrected chi connectivity index (χ1v) is 5.81. The van der Waals surface area contributed by atoms with Crippen LogP contribution in [0.25, 0.3) is 0 Å². The van der Waals surface area contributed by atoms with Crippen LogP contribution in [-0.2, 0) is 6.18 Å². The molecule has 2 aromatic carbocycles. The summed E-state index contributed by atoms with van der Waals surface area (Å²) in [5.74, 6) is -1.79. The molecule has 0 aliphatic rings. The van der Waals surface area contributed by atoms with E-state index < -0.39 is 29.2 Å². The van der Waals surface area contributed by atoms with Gasteiger partial charge in [-0.15, -0.1) is 0 Å². The van der Waals surface area contributed by atoms with Crippen molar-refractivity contribution in [3.05, 3.63) is 59.4 Å². The van der Waals surface area contributed by atoms with E-state index in [2.05, 4.69) is 0 Å². The minimum Gasteiger partial charge on any atom is -0.399 e. The van der Waals surface area contributed by atoms with Crippen LogP contribution in [0.2, 0.25) is 0 Å².